The molecule has 0 bridgehead atoms. The highest BCUT2D eigenvalue weighted by Crippen LogP contribution is 2.36. The zero-order chi connectivity index (χ0) is 19.9. The molecule has 1 radical (unpaired) electrons. The maximum atomic E-state index is 10.3. The number of hydrogen-bond acceptors (Lipinski definition) is 3. The third-order valence-electron chi connectivity index (χ3n) is 5.57. The van der Waals surface area contributed by atoms with Gasteiger partial charge in [0.2, 0.25) is 0 Å². The number of aliphatic hydroxyl groups is 1. The number of benzene rings is 3. The molecule has 28 heavy (non-hydrogen) atoms. The van der Waals surface area contributed by atoms with Crippen molar-refractivity contribution in [3.05, 3.63) is 66.7 Å². The van der Waals surface area contributed by atoms with E-state index < -0.39 is 11.2 Å². The van der Waals surface area contributed by atoms with Crippen molar-refractivity contribution in [1.29, 1.82) is 0 Å². The lowest BCUT2D eigenvalue weighted by atomic mass is 9.82. The molecule has 141 valence electrons. The van der Waals surface area contributed by atoms with E-state index >= 15 is 0 Å². The molecule has 0 aliphatic rings. The van der Waals surface area contributed by atoms with Gasteiger partial charge in [-0.3, -0.25) is 0 Å². The highest BCUT2D eigenvalue weighted by Gasteiger charge is 2.35. The third kappa shape index (κ3) is 3.34. The van der Waals surface area contributed by atoms with Gasteiger partial charge in [-0.05, 0) is 56.4 Å². The van der Waals surface area contributed by atoms with Crippen LogP contribution in [0.25, 0.3) is 33.1 Å². The highest BCUT2D eigenvalue weighted by molar-refractivity contribution is 6.47. The van der Waals surface area contributed by atoms with E-state index in [1.54, 1.807) is 21.3 Å². The molecule has 4 aromatic rings. The minimum absolute atomic E-state index is 0.712. The second-order valence-corrected chi connectivity index (χ2v) is 8.21. The molecule has 0 spiro atoms. The monoisotopic (exact) mass is 371 g/mol. The van der Waals surface area contributed by atoms with Crippen molar-refractivity contribution in [1.82, 2.24) is 0 Å². The standard InChI is InChI=1S/C24H24BO3/c1-23(2,26)24(3,4)28-25-17-13-14-19-21(15-17)27-20-12-8-11-18(22(19)20)16-9-6-5-7-10-16/h5-15,26H,1-4H3. The summed E-state index contributed by atoms with van der Waals surface area (Å²) in [6, 6.07) is 22.6. The maximum absolute atomic E-state index is 10.3. The van der Waals surface area contributed by atoms with Crippen molar-refractivity contribution in [3.63, 3.8) is 0 Å². The molecule has 3 nitrogen and oxygen atoms in total. The molecule has 0 saturated heterocycles. The van der Waals surface area contributed by atoms with Crippen LogP contribution in [0, 0.1) is 0 Å². The average molecular weight is 371 g/mol. The Morgan fingerprint density at radius 2 is 1.61 bits per heavy atom. The second kappa shape index (κ2) is 6.80. The van der Waals surface area contributed by atoms with Gasteiger partial charge in [0.1, 0.15) is 11.2 Å². The third-order valence-corrected chi connectivity index (χ3v) is 5.57. The Morgan fingerprint density at radius 1 is 0.857 bits per heavy atom. The van der Waals surface area contributed by atoms with E-state index in [-0.39, 0.29) is 0 Å². The Bertz CT molecular complexity index is 1120. The molecule has 0 aliphatic heterocycles. The van der Waals surface area contributed by atoms with E-state index in [0.29, 0.717) is 0 Å². The maximum Gasteiger partial charge on any atom is 0.331 e. The summed E-state index contributed by atoms with van der Waals surface area (Å²) >= 11 is 0. The fourth-order valence-electron chi connectivity index (χ4n) is 3.13. The first kappa shape index (κ1) is 18.8. The van der Waals surface area contributed by atoms with Crippen LogP contribution < -0.4 is 5.46 Å². The van der Waals surface area contributed by atoms with Crippen LogP contribution in [0.1, 0.15) is 27.7 Å². The minimum Gasteiger partial charge on any atom is -0.456 e. The summed E-state index contributed by atoms with van der Waals surface area (Å²) in [6.45, 7) is 7.23. The van der Waals surface area contributed by atoms with Gasteiger partial charge in [0.15, 0.2) is 0 Å². The first-order chi connectivity index (χ1) is 13.3. The fourth-order valence-corrected chi connectivity index (χ4v) is 3.13. The molecular weight excluding hydrogens is 347 g/mol. The van der Waals surface area contributed by atoms with Gasteiger partial charge in [0, 0.05) is 10.8 Å². The van der Waals surface area contributed by atoms with E-state index in [2.05, 4.69) is 24.3 Å². The molecule has 0 atom stereocenters. The lowest BCUT2D eigenvalue weighted by Crippen LogP contribution is -2.49. The van der Waals surface area contributed by atoms with Crippen molar-refractivity contribution in [2.75, 3.05) is 0 Å². The normalized spacial score (nSPS) is 12.6. The molecule has 0 aliphatic carbocycles. The van der Waals surface area contributed by atoms with Gasteiger partial charge in [0.25, 0.3) is 0 Å². The predicted molar refractivity (Wildman–Crippen MR) is 116 cm³/mol. The number of rotatable bonds is 5. The summed E-state index contributed by atoms with van der Waals surface area (Å²) in [5.74, 6) is 0. The van der Waals surface area contributed by atoms with Crippen molar-refractivity contribution in [3.8, 4) is 11.1 Å². The molecule has 3 aromatic carbocycles. The molecule has 4 heteroatoms. The molecule has 0 saturated carbocycles. The van der Waals surface area contributed by atoms with Gasteiger partial charge in [-0.15, -0.1) is 0 Å². The molecule has 1 aromatic heterocycles. The summed E-state index contributed by atoms with van der Waals surface area (Å²) in [6.07, 6.45) is 0. The first-order valence-corrected chi connectivity index (χ1v) is 9.50. The van der Waals surface area contributed by atoms with Gasteiger partial charge in [-0.1, -0.05) is 54.6 Å². The lowest BCUT2D eigenvalue weighted by Gasteiger charge is -2.37. The predicted octanol–water partition coefficient (Wildman–Crippen LogP) is 5.06. The average Bonchev–Trinajstić information content (AvgIpc) is 3.04. The Hall–Kier alpha value is -2.56. The van der Waals surface area contributed by atoms with Crippen LogP contribution in [0.2, 0.25) is 0 Å². The van der Waals surface area contributed by atoms with Gasteiger partial charge in [-0.25, -0.2) is 0 Å². The quantitative estimate of drug-likeness (QED) is 0.499. The van der Waals surface area contributed by atoms with Gasteiger partial charge < -0.3 is 14.2 Å². The summed E-state index contributed by atoms with van der Waals surface area (Å²) < 4.78 is 12.0. The zero-order valence-corrected chi connectivity index (χ0v) is 16.7. The Balaban J connectivity index is 1.73. The summed E-state index contributed by atoms with van der Waals surface area (Å²) in [5.41, 5.74) is 3.23. The topological polar surface area (TPSA) is 42.6 Å². The van der Waals surface area contributed by atoms with Crippen LogP contribution in [-0.4, -0.2) is 23.8 Å². The van der Waals surface area contributed by atoms with Crippen LogP contribution in [0.15, 0.2) is 71.1 Å². The number of fused-ring (bicyclic) bond motifs is 3. The van der Waals surface area contributed by atoms with Gasteiger partial charge >= 0.3 is 7.48 Å². The van der Waals surface area contributed by atoms with Crippen molar-refractivity contribution in [2.45, 2.75) is 38.9 Å². The summed E-state index contributed by atoms with van der Waals surface area (Å²) in [4.78, 5) is 0. The zero-order valence-electron chi connectivity index (χ0n) is 16.7. The van der Waals surface area contributed by atoms with Crippen molar-refractivity contribution < 1.29 is 14.2 Å². The molecule has 0 amide bonds. The summed E-state index contributed by atoms with van der Waals surface area (Å²) in [5, 5.41) is 12.5. The van der Waals surface area contributed by atoms with E-state index in [4.69, 9.17) is 9.07 Å². The summed E-state index contributed by atoms with van der Waals surface area (Å²) in [7, 11) is 1.68. The van der Waals surface area contributed by atoms with Crippen LogP contribution in [-0.2, 0) is 4.65 Å². The largest absolute Gasteiger partial charge is 0.456 e. The van der Waals surface area contributed by atoms with Crippen molar-refractivity contribution in [2.24, 2.45) is 0 Å². The van der Waals surface area contributed by atoms with Crippen LogP contribution >= 0.6 is 0 Å². The SMILES string of the molecule is CC(C)(O)C(C)(C)O[B]c1ccc2c(c1)oc1cccc(-c3ccccc3)c12. The van der Waals surface area contributed by atoms with E-state index in [0.717, 1.165) is 33.0 Å². The Kier molecular flexibility index (Phi) is 4.57. The van der Waals surface area contributed by atoms with Gasteiger partial charge in [0.05, 0.1) is 11.2 Å². The van der Waals surface area contributed by atoms with Crippen LogP contribution in [0.4, 0.5) is 0 Å². The number of furan rings is 1. The highest BCUT2D eigenvalue weighted by atomic mass is 16.5. The minimum atomic E-state index is -0.961. The molecule has 0 fully saturated rings. The molecular formula is C24H24BO3. The fraction of sp³-hybridized carbons (Fsp3) is 0.250. The lowest BCUT2D eigenvalue weighted by molar-refractivity contribution is -0.0893. The molecule has 0 unspecified atom stereocenters. The molecule has 4 rings (SSSR count). The van der Waals surface area contributed by atoms with Gasteiger partial charge in [-0.2, -0.15) is 0 Å². The molecule has 1 N–H and O–H groups in total. The first-order valence-electron chi connectivity index (χ1n) is 9.50. The van der Waals surface area contributed by atoms with E-state index in [9.17, 15) is 5.11 Å². The smallest absolute Gasteiger partial charge is 0.331 e. The van der Waals surface area contributed by atoms with Crippen LogP contribution in [0.5, 0.6) is 0 Å². The van der Waals surface area contributed by atoms with Crippen molar-refractivity contribution >= 4 is 34.9 Å². The Labute approximate surface area is 166 Å². The molecule has 1 heterocycles. The van der Waals surface area contributed by atoms with E-state index in [1.807, 2.05) is 56.3 Å². The second-order valence-electron chi connectivity index (χ2n) is 8.21. The number of hydrogen-bond donors (Lipinski definition) is 1. The van der Waals surface area contributed by atoms with Crippen LogP contribution in [0.3, 0.4) is 0 Å². The Morgan fingerprint density at radius 3 is 2.32 bits per heavy atom. The van der Waals surface area contributed by atoms with E-state index in [1.165, 1.54) is 5.56 Å².